The van der Waals surface area contributed by atoms with E-state index in [2.05, 4.69) is 9.79 Å². The second kappa shape index (κ2) is 17.5. The van der Waals surface area contributed by atoms with Crippen LogP contribution >= 0.6 is 0 Å². The first-order chi connectivity index (χ1) is 20.8. The van der Waals surface area contributed by atoms with Crippen LogP contribution in [-0.2, 0) is 24.2 Å². The summed E-state index contributed by atoms with van der Waals surface area (Å²) in [6.07, 6.45) is 8.33. The Morgan fingerprint density at radius 1 is 0.907 bits per heavy atom. The van der Waals surface area contributed by atoms with E-state index in [1.54, 1.807) is 17.6 Å². The Hall–Kier alpha value is -4.43. The van der Waals surface area contributed by atoms with E-state index in [0.29, 0.717) is 44.5 Å². The number of amides is 1. The van der Waals surface area contributed by atoms with Gasteiger partial charge in [-0.25, -0.2) is 18.7 Å². The van der Waals surface area contributed by atoms with Crippen molar-refractivity contribution < 1.29 is 47.0 Å². The number of rotatable bonds is 19. The number of carbonyl (C=O) groups excluding carboxylic acids is 2. The Balaban J connectivity index is 1.27. The Labute approximate surface area is 249 Å². The molecule has 0 saturated heterocycles. The molecule has 0 saturated carbocycles. The lowest BCUT2D eigenvalue weighted by Gasteiger charge is -2.06. The summed E-state index contributed by atoms with van der Waals surface area (Å²) in [5.41, 5.74) is 2.43. The van der Waals surface area contributed by atoms with Crippen LogP contribution in [-0.4, -0.2) is 50.5 Å². The van der Waals surface area contributed by atoms with Gasteiger partial charge in [0.2, 0.25) is 5.91 Å². The maximum Gasteiger partial charge on any atom is 0.414 e. The molecule has 1 amide bonds. The molecule has 14 heteroatoms. The van der Waals surface area contributed by atoms with E-state index in [1.165, 1.54) is 30.3 Å². The highest BCUT2D eigenvalue weighted by atomic mass is 32.2. The van der Waals surface area contributed by atoms with Crippen LogP contribution in [0, 0.1) is 5.21 Å². The van der Waals surface area contributed by atoms with Gasteiger partial charge in [0.1, 0.15) is 5.75 Å². The number of benzene rings is 2. The van der Waals surface area contributed by atoms with Crippen LogP contribution in [0.3, 0.4) is 0 Å². The zero-order valence-electron chi connectivity index (χ0n) is 23.6. The number of nitrogens with zero attached hydrogens (tertiary/aromatic N) is 2. The van der Waals surface area contributed by atoms with Crippen LogP contribution in [0.4, 0.5) is 0 Å². The Bertz CT molecular complexity index is 1420. The molecule has 232 valence electrons. The van der Waals surface area contributed by atoms with Gasteiger partial charge in [0.25, 0.3) is 9.84 Å². The third kappa shape index (κ3) is 11.1. The second-order valence-electron chi connectivity index (χ2n) is 9.38. The highest BCUT2D eigenvalue weighted by molar-refractivity contribution is 7.91. The number of esters is 1. The zero-order chi connectivity index (χ0) is 30.9. The van der Waals surface area contributed by atoms with Crippen LogP contribution in [0.5, 0.6) is 11.6 Å². The quantitative estimate of drug-likeness (QED) is 0.0499. The van der Waals surface area contributed by atoms with Gasteiger partial charge in [-0.05, 0) is 72.9 Å². The molecule has 0 unspecified atom stereocenters. The molecule has 2 N–H and O–H groups in total. The van der Waals surface area contributed by atoms with Gasteiger partial charge in [0.15, 0.2) is 0 Å². The van der Waals surface area contributed by atoms with Crippen molar-refractivity contribution in [3.8, 4) is 11.6 Å². The van der Waals surface area contributed by atoms with E-state index in [9.17, 15) is 23.2 Å². The molecular formula is C29H35N3O10S. The third-order valence-corrected chi connectivity index (χ3v) is 7.84. The van der Waals surface area contributed by atoms with Gasteiger partial charge >= 0.3 is 16.9 Å². The first kappa shape index (κ1) is 33.1. The van der Waals surface area contributed by atoms with Crippen molar-refractivity contribution in [3.63, 3.8) is 0 Å². The lowest BCUT2D eigenvalue weighted by atomic mass is 10.1. The summed E-state index contributed by atoms with van der Waals surface area (Å²) in [7, 11) is -4.17. The molecule has 1 heterocycles. The summed E-state index contributed by atoms with van der Waals surface area (Å²) in [6, 6.07) is 14.7. The van der Waals surface area contributed by atoms with E-state index in [0.717, 1.165) is 24.8 Å². The van der Waals surface area contributed by atoms with Crippen molar-refractivity contribution in [1.29, 1.82) is 0 Å². The highest BCUT2D eigenvalue weighted by Crippen LogP contribution is 2.25. The van der Waals surface area contributed by atoms with Gasteiger partial charge in [-0.15, -0.1) is 0 Å². The van der Waals surface area contributed by atoms with Gasteiger partial charge in [-0.1, -0.05) is 43.2 Å². The minimum Gasteiger partial charge on any atom is -0.494 e. The van der Waals surface area contributed by atoms with E-state index in [1.807, 2.05) is 24.3 Å². The molecule has 0 aliphatic rings. The predicted molar refractivity (Wildman–Crippen MR) is 152 cm³/mol. The van der Waals surface area contributed by atoms with Crippen LogP contribution in [0.25, 0.3) is 6.08 Å². The van der Waals surface area contributed by atoms with Gasteiger partial charge in [-0.2, -0.15) is 0 Å². The minimum absolute atomic E-state index is 0.0847. The average molecular weight is 618 g/mol. The van der Waals surface area contributed by atoms with Crippen molar-refractivity contribution >= 4 is 27.8 Å². The van der Waals surface area contributed by atoms with Gasteiger partial charge in [-0.3, -0.25) is 14.6 Å². The van der Waals surface area contributed by atoms with E-state index >= 15 is 0 Å². The zero-order valence-corrected chi connectivity index (χ0v) is 24.4. The molecule has 3 aromatic rings. The third-order valence-electron chi connectivity index (χ3n) is 6.11. The van der Waals surface area contributed by atoms with Crippen molar-refractivity contribution in [3.05, 3.63) is 71.4 Å². The van der Waals surface area contributed by atoms with Gasteiger partial charge < -0.3 is 19.4 Å². The van der Waals surface area contributed by atoms with Gasteiger partial charge in [0.05, 0.1) is 29.9 Å². The summed E-state index contributed by atoms with van der Waals surface area (Å²) in [4.78, 5) is 22.7. The molecule has 13 nitrogen and oxygen atoms in total. The smallest absolute Gasteiger partial charge is 0.414 e. The SMILES string of the molecule is O=C(CCCCCCOc1ccc(C=CC(=O)OCCCCCOc2no[n+]([O-])c2S(=O)(=O)c2ccccc2)cc1)NO. The highest BCUT2D eigenvalue weighted by Gasteiger charge is 2.35. The second-order valence-corrected chi connectivity index (χ2v) is 11.2. The van der Waals surface area contributed by atoms with Crippen LogP contribution in [0.2, 0.25) is 0 Å². The molecule has 0 bridgehead atoms. The normalized spacial score (nSPS) is 11.4. The van der Waals surface area contributed by atoms with Crippen molar-refractivity contribution in [2.75, 3.05) is 19.8 Å². The number of aromatic nitrogens is 2. The van der Waals surface area contributed by atoms with Crippen molar-refractivity contribution in [1.82, 2.24) is 10.6 Å². The number of hydrogen-bond acceptors (Lipinski definition) is 11. The number of unbranched alkanes of at least 4 members (excludes halogenated alkanes) is 5. The summed E-state index contributed by atoms with van der Waals surface area (Å²) in [5.74, 6) is -0.548. The Morgan fingerprint density at radius 2 is 1.56 bits per heavy atom. The number of carbonyl (C=O) groups is 2. The van der Waals surface area contributed by atoms with E-state index in [-0.39, 0.29) is 28.9 Å². The molecule has 0 aliphatic heterocycles. The summed E-state index contributed by atoms with van der Waals surface area (Å²) in [5, 5.41) is 23.1. The fourth-order valence-electron chi connectivity index (χ4n) is 3.84. The number of nitrogens with one attached hydrogen (secondary N) is 1. The Morgan fingerprint density at radius 3 is 2.28 bits per heavy atom. The topological polar surface area (TPSA) is 181 Å². The summed E-state index contributed by atoms with van der Waals surface area (Å²) >= 11 is 0. The number of sulfone groups is 1. The van der Waals surface area contributed by atoms with Crippen LogP contribution in [0.1, 0.15) is 56.9 Å². The minimum atomic E-state index is -4.17. The lowest BCUT2D eigenvalue weighted by Crippen LogP contribution is -2.30. The molecule has 0 aliphatic carbocycles. The first-order valence-corrected chi connectivity index (χ1v) is 15.3. The number of ether oxygens (including phenoxy) is 3. The van der Waals surface area contributed by atoms with Gasteiger partial charge in [0, 0.05) is 12.5 Å². The lowest BCUT2D eigenvalue weighted by molar-refractivity contribution is -0.832. The van der Waals surface area contributed by atoms with E-state index in [4.69, 9.17) is 19.4 Å². The standard InChI is InChI=1S/C29H35N3O10S/c33-26(30-35)13-7-1-2-8-20-39-24-17-14-23(15-18-24)16-19-27(34)40-21-9-4-10-22-41-28-29(32(36)42-31-28)43(37,38)25-11-5-3-6-12-25/h3,5-6,11-12,14-19,35H,1-2,4,7-10,13,20-22H2,(H,30,33). The maximum absolute atomic E-state index is 12.8. The van der Waals surface area contributed by atoms with Crippen LogP contribution < -0.4 is 19.9 Å². The van der Waals surface area contributed by atoms with Crippen molar-refractivity contribution in [2.45, 2.75) is 61.3 Å². The fraction of sp³-hybridized carbons (Fsp3) is 0.379. The Kier molecular flexibility index (Phi) is 13.5. The number of hydroxylamine groups is 1. The molecule has 3 rings (SSSR count). The number of hydrogen-bond donors (Lipinski definition) is 2. The molecule has 0 atom stereocenters. The molecule has 0 fully saturated rings. The summed E-state index contributed by atoms with van der Waals surface area (Å²) in [6.45, 7) is 0.836. The summed E-state index contributed by atoms with van der Waals surface area (Å²) < 4.78 is 46.3. The maximum atomic E-state index is 12.8. The average Bonchev–Trinajstić information content (AvgIpc) is 3.40. The molecule has 1 aromatic heterocycles. The first-order valence-electron chi connectivity index (χ1n) is 13.8. The fourth-order valence-corrected chi connectivity index (χ4v) is 5.13. The molecule has 0 spiro atoms. The molecule has 0 radical (unpaired) electrons. The predicted octanol–water partition coefficient (Wildman–Crippen LogP) is 3.78. The molecular weight excluding hydrogens is 582 g/mol. The monoisotopic (exact) mass is 617 g/mol. The van der Waals surface area contributed by atoms with Crippen LogP contribution in [0.15, 0.2) is 75.2 Å². The molecule has 43 heavy (non-hydrogen) atoms. The largest absolute Gasteiger partial charge is 0.494 e. The molecule has 2 aromatic carbocycles. The van der Waals surface area contributed by atoms with E-state index < -0.39 is 26.7 Å². The van der Waals surface area contributed by atoms with Crippen molar-refractivity contribution in [2.24, 2.45) is 0 Å².